The lowest BCUT2D eigenvalue weighted by Crippen LogP contribution is -2.36. The van der Waals surface area contributed by atoms with Crippen LogP contribution in [0.4, 0.5) is 0 Å². The van der Waals surface area contributed by atoms with Crippen molar-refractivity contribution in [1.29, 1.82) is 0 Å². The Balaban J connectivity index is 2.29. The third-order valence-corrected chi connectivity index (χ3v) is 3.60. The Hall–Kier alpha value is -0.100. The van der Waals surface area contributed by atoms with Crippen molar-refractivity contribution in [3.05, 3.63) is 18.2 Å². The van der Waals surface area contributed by atoms with E-state index in [1.165, 1.54) is 0 Å². The van der Waals surface area contributed by atoms with Gasteiger partial charge in [0.25, 0.3) is 0 Å². The van der Waals surface area contributed by atoms with Crippen LogP contribution < -0.4 is 5.32 Å². The van der Waals surface area contributed by atoms with Crippen LogP contribution >= 0.6 is 22.6 Å². The van der Waals surface area contributed by atoms with Gasteiger partial charge in [-0.25, -0.2) is 4.98 Å². The molecule has 15 heavy (non-hydrogen) atoms. The molecule has 0 saturated heterocycles. The summed E-state index contributed by atoms with van der Waals surface area (Å²) in [7, 11) is 2.04. The molecule has 0 aliphatic heterocycles. The lowest BCUT2D eigenvalue weighted by molar-refractivity contribution is 0.437. The molecule has 1 atom stereocenters. The van der Waals surface area contributed by atoms with Crippen LogP contribution in [0.2, 0.25) is 0 Å². The van der Waals surface area contributed by atoms with Crippen molar-refractivity contribution in [1.82, 2.24) is 14.9 Å². The molecule has 1 N–H and O–H groups in total. The van der Waals surface area contributed by atoms with Crippen LogP contribution in [0.1, 0.15) is 19.7 Å². The lowest BCUT2D eigenvalue weighted by atomic mass is 10.1. The first-order valence-electron chi connectivity index (χ1n) is 5.40. The Morgan fingerprint density at radius 2 is 2.27 bits per heavy atom. The third-order valence-electron chi connectivity index (χ3n) is 2.65. The quantitative estimate of drug-likeness (QED) is 0.642. The van der Waals surface area contributed by atoms with Crippen LogP contribution in [-0.4, -0.2) is 26.6 Å². The Kier molecular flexibility index (Phi) is 5.60. The van der Waals surface area contributed by atoms with Crippen molar-refractivity contribution in [2.24, 2.45) is 13.0 Å². The smallest absolute Gasteiger partial charge is 0.109 e. The summed E-state index contributed by atoms with van der Waals surface area (Å²) in [5.74, 6) is 1.85. The first kappa shape index (κ1) is 13.0. The van der Waals surface area contributed by atoms with Gasteiger partial charge in [0.2, 0.25) is 0 Å². The number of hydrogen-bond acceptors (Lipinski definition) is 2. The zero-order valence-corrected chi connectivity index (χ0v) is 11.9. The van der Waals surface area contributed by atoms with Crippen molar-refractivity contribution in [2.75, 3.05) is 11.0 Å². The third kappa shape index (κ3) is 4.10. The molecule has 0 spiro atoms. The van der Waals surface area contributed by atoms with E-state index in [4.69, 9.17) is 0 Å². The van der Waals surface area contributed by atoms with E-state index in [-0.39, 0.29) is 0 Å². The summed E-state index contributed by atoms with van der Waals surface area (Å²) in [6.07, 6.45) is 4.85. The van der Waals surface area contributed by atoms with Crippen molar-refractivity contribution in [3.8, 4) is 0 Å². The number of nitrogens with zero attached hydrogens (tertiary/aromatic N) is 2. The Labute approximate surface area is 106 Å². The zero-order chi connectivity index (χ0) is 11.3. The second-order valence-electron chi connectivity index (χ2n) is 4.16. The van der Waals surface area contributed by atoms with Crippen LogP contribution in [-0.2, 0) is 13.5 Å². The van der Waals surface area contributed by atoms with Gasteiger partial charge in [0.1, 0.15) is 5.82 Å². The first-order chi connectivity index (χ1) is 7.15. The molecule has 0 aliphatic rings. The topological polar surface area (TPSA) is 29.9 Å². The highest BCUT2D eigenvalue weighted by molar-refractivity contribution is 14.1. The van der Waals surface area contributed by atoms with Crippen molar-refractivity contribution >= 4 is 22.6 Å². The number of aryl methyl sites for hydroxylation is 1. The predicted octanol–water partition coefficient (Wildman–Crippen LogP) is 2.01. The molecule has 4 heteroatoms. The van der Waals surface area contributed by atoms with Gasteiger partial charge >= 0.3 is 0 Å². The molecule has 0 amide bonds. The van der Waals surface area contributed by atoms with Crippen LogP contribution in [0.3, 0.4) is 0 Å². The largest absolute Gasteiger partial charge is 0.338 e. The number of halogens is 1. The van der Waals surface area contributed by atoms with E-state index in [0.717, 1.165) is 23.2 Å². The number of aromatic nitrogens is 2. The van der Waals surface area contributed by atoms with Crippen molar-refractivity contribution in [3.63, 3.8) is 0 Å². The highest BCUT2D eigenvalue weighted by atomic mass is 127. The monoisotopic (exact) mass is 321 g/mol. The van der Waals surface area contributed by atoms with Crippen LogP contribution in [0.15, 0.2) is 12.4 Å². The van der Waals surface area contributed by atoms with E-state index in [1.807, 2.05) is 19.4 Å². The molecule has 1 aromatic rings. The highest BCUT2D eigenvalue weighted by Gasteiger charge is 2.10. The highest BCUT2D eigenvalue weighted by Crippen LogP contribution is 2.05. The molecule has 1 rings (SSSR count). The normalized spacial score (nSPS) is 13.4. The van der Waals surface area contributed by atoms with E-state index in [9.17, 15) is 0 Å². The summed E-state index contributed by atoms with van der Waals surface area (Å²) in [5.41, 5.74) is 0. The molecule has 86 valence electrons. The molecule has 1 unspecified atom stereocenters. The SMILES string of the molecule is CC(C)C(CI)NCCc1nccn1C. The van der Waals surface area contributed by atoms with E-state index in [2.05, 4.69) is 51.3 Å². The summed E-state index contributed by atoms with van der Waals surface area (Å²) in [5, 5.41) is 3.57. The van der Waals surface area contributed by atoms with Gasteiger partial charge in [-0.15, -0.1) is 0 Å². The van der Waals surface area contributed by atoms with E-state index < -0.39 is 0 Å². The Morgan fingerprint density at radius 3 is 2.73 bits per heavy atom. The van der Waals surface area contributed by atoms with Gasteiger partial charge in [0.05, 0.1) is 0 Å². The van der Waals surface area contributed by atoms with Gasteiger partial charge in [0, 0.05) is 42.9 Å². The number of hydrogen-bond donors (Lipinski definition) is 1. The average Bonchev–Trinajstić information content (AvgIpc) is 2.58. The summed E-state index contributed by atoms with van der Waals surface area (Å²) in [6, 6.07) is 0.617. The molecule has 0 saturated carbocycles. The van der Waals surface area contributed by atoms with Gasteiger partial charge < -0.3 is 9.88 Å². The van der Waals surface area contributed by atoms with Gasteiger partial charge in [-0.2, -0.15) is 0 Å². The Bertz CT molecular complexity index is 283. The molecule has 0 fully saturated rings. The minimum absolute atomic E-state index is 0.617. The number of nitrogens with one attached hydrogen (secondary N) is 1. The lowest BCUT2D eigenvalue weighted by Gasteiger charge is -2.19. The van der Waals surface area contributed by atoms with Gasteiger partial charge in [0.15, 0.2) is 0 Å². The van der Waals surface area contributed by atoms with E-state index in [0.29, 0.717) is 12.0 Å². The fourth-order valence-electron chi connectivity index (χ4n) is 1.48. The van der Waals surface area contributed by atoms with E-state index >= 15 is 0 Å². The molecular weight excluding hydrogens is 301 g/mol. The number of rotatable bonds is 6. The summed E-state index contributed by atoms with van der Waals surface area (Å²) < 4.78 is 3.24. The number of alkyl halides is 1. The predicted molar refractivity (Wildman–Crippen MR) is 72.4 cm³/mol. The van der Waals surface area contributed by atoms with E-state index in [1.54, 1.807) is 0 Å². The van der Waals surface area contributed by atoms with Gasteiger partial charge in [-0.05, 0) is 5.92 Å². The standard InChI is InChI=1S/C11H20IN3/c1-9(2)10(8-12)13-5-4-11-14-6-7-15(11)3/h6-7,9-10,13H,4-5,8H2,1-3H3. The molecule has 0 aliphatic carbocycles. The zero-order valence-electron chi connectivity index (χ0n) is 9.70. The first-order valence-corrected chi connectivity index (χ1v) is 6.93. The maximum absolute atomic E-state index is 4.30. The maximum Gasteiger partial charge on any atom is 0.109 e. The summed E-state index contributed by atoms with van der Waals surface area (Å²) in [4.78, 5) is 4.30. The van der Waals surface area contributed by atoms with Crippen LogP contribution in [0.5, 0.6) is 0 Å². The van der Waals surface area contributed by atoms with Crippen LogP contribution in [0.25, 0.3) is 0 Å². The average molecular weight is 321 g/mol. The molecule has 1 heterocycles. The minimum Gasteiger partial charge on any atom is -0.338 e. The second kappa shape index (κ2) is 6.48. The van der Waals surface area contributed by atoms with Gasteiger partial charge in [-0.3, -0.25) is 0 Å². The molecular formula is C11H20IN3. The van der Waals surface area contributed by atoms with Gasteiger partial charge in [-0.1, -0.05) is 36.4 Å². The fraction of sp³-hybridized carbons (Fsp3) is 0.727. The minimum atomic E-state index is 0.617. The second-order valence-corrected chi connectivity index (χ2v) is 5.04. The molecule has 1 aromatic heterocycles. The molecule has 3 nitrogen and oxygen atoms in total. The molecule has 0 radical (unpaired) electrons. The summed E-state index contributed by atoms with van der Waals surface area (Å²) in [6.45, 7) is 5.53. The summed E-state index contributed by atoms with van der Waals surface area (Å²) >= 11 is 2.44. The van der Waals surface area contributed by atoms with Crippen molar-refractivity contribution < 1.29 is 0 Å². The fourth-order valence-corrected chi connectivity index (χ4v) is 2.80. The van der Waals surface area contributed by atoms with Crippen molar-refractivity contribution in [2.45, 2.75) is 26.3 Å². The molecule has 0 bridgehead atoms. The maximum atomic E-state index is 4.30. The molecule has 0 aromatic carbocycles. The van der Waals surface area contributed by atoms with Crippen LogP contribution in [0, 0.1) is 5.92 Å². The number of imidazole rings is 1. The Morgan fingerprint density at radius 1 is 1.53 bits per heavy atom.